The van der Waals surface area contributed by atoms with Crippen LogP contribution in [-0.4, -0.2) is 49.3 Å². The van der Waals surface area contributed by atoms with E-state index in [0.29, 0.717) is 0 Å². The first-order valence-electron chi connectivity index (χ1n) is 9.30. The van der Waals surface area contributed by atoms with Gasteiger partial charge in [-0.25, -0.2) is 0 Å². The molecule has 0 spiro atoms. The number of rotatable bonds is 7. The Hall–Kier alpha value is -1.10. The normalized spacial score (nSPS) is 17.7. The topological polar surface area (TPSA) is 44.7 Å². The molecule has 0 radical (unpaired) electrons. The molecule has 2 rings (SSSR count). The number of piperazine rings is 1. The van der Waals surface area contributed by atoms with E-state index in [2.05, 4.69) is 44.0 Å². The predicted molar refractivity (Wildman–Crippen MR) is 99.8 cm³/mol. The summed E-state index contributed by atoms with van der Waals surface area (Å²) in [5, 5.41) is 14.0. The van der Waals surface area contributed by atoms with Gasteiger partial charge in [0.05, 0.1) is 12.7 Å². The molecule has 0 bridgehead atoms. The van der Waals surface area contributed by atoms with Crippen molar-refractivity contribution in [2.75, 3.05) is 39.3 Å². The van der Waals surface area contributed by atoms with Crippen LogP contribution in [-0.2, 0) is 5.41 Å². The average Bonchev–Trinajstić information content (AvgIpc) is 2.57. The van der Waals surface area contributed by atoms with Gasteiger partial charge in [-0.2, -0.15) is 0 Å². The van der Waals surface area contributed by atoms with Gasteiger partial charge >= 0.3 is 0 Å². The second-order valence-corrected chi connectivity index (χ2v) is 7.75. The van der Waals surface area contributed by atoms with Crippen molar-refractivity contribution in [2.45, 2.75) is 52.1 Å². The predicted octanol–water partition coefficient (Wildman–Crippen LogP) is 3.10. The van der Waals surface area contributed by atoms with Crippen molar-refractivity contribution in [3.05, 3.63) is 29.3 Å². The van der Waals surface area contributed by atoms with Crippen LogP contribution in [0.15, 0.2) is 18.2 Å². The van der Waals surface area contributed by atoms with E-state index in [-0.39, 0.29) is 5.41 Å². The van der Waals surface area contributed by atoms with Crippen molar-refractivity contribution >= 4 is 0 Å². The van der Waals surface area contributed by atoms with E-state index >= 15 is 0 Å². The zero-order valence-electron chi connectivity index (χ0n) is 15.8. The van der Waals surface area contributed by atoms with Crippen molar-refractivity contribution < 1.29 is 9.84 Å². The summed E-state index contributed by atoms with van der Waals surface area (Å²) in [6.07, 6.45) is 1.36. The highest BCUT2D eigenvalue weighted by atomic mass is 16.5. The van der Waals surface area contributed by atoms with E-state index in [9.17, 15) is 5.11 Å². The molecule has 1 aliphatic heterocycles. The summed E-state index contributed by atoms with van der Waals surface area (Å²) in [6, 6.07) is 6.18. The van der Waals surface area contributed by atoms with E-state index in [1.807, 2.05) is 12.1 Å². The molecule has 4 heteroatoms. The summed E-state index contributed by atoms with van der Waals surface area (Å²) in [6.45, 7) is 14.6. The largest absolute Gasteiger partial charge is 0.493 e. The maximum Gasteiger partial charge on any atom is 0.123 e. The number of benzene rings is 1. The Morgan fingerprint density at radius 1 is 1.25 bits per heavy atom. The number of ether oxygens (including phenoxy) is 1. The smallest absolute Gasteiger partial charge is 0.123 e. The fourth-order valence-electron chi connectivity index (χ4n) is 3.09. The Morgan fingerprint density at radius 3 is 2.58 bits per heavy atom. The SMILES string of the molecule is CCCOc1ccc(C(O)CCN2CCNCC2)cc1C(C)(C)C. The van der Waals surface area contributed by atoms with Gasteiger partial charge in [0.15, 0.2) is 0 Å². The van der Waals surface area contributed by atoms with Crippen LogP contribution in [0.4, 0.5) is 0 Å². The minimum atomic E-state index is -0.416. The number of nitrogens with one attached hydrogen (secondary N) is 1. The van der Waals surface area contributed by atoms with Gasteiger partial charge in [0.2, 0.25) is 0 Å². The van der Waals surface area contributed by atoms with Gasteiger partial charge in [0, 0.05) is 32.7 Å². The minimum absolute atomic E-state index is 0.00263. The van der Waals surface area contributed by atoms with Crippen molar-refractivity contribution in [1.29, 1.82) is 0 Å². The van der Waals surface area contributed by atoms with Crippen LogP contribution in [0.1, 0.15) is 57.8 Å². The lowest BCUT2D eigenvalue weighted by molar-refractivity contribution is 0.136. The molecule has 0 aromatic heterocycles. The molecule has 1 atom stereocenters. The molecule has 1 fully saturated rings. The van der Waals surface area contributed by atoms with Crippen molar-refractivity contribution in [1.82, 2.24) is 10.2 Å². The Morgan fingerprint density at radius 2 is 1.96 bits per heavy atom. The zero-order valence-corrected chi connectivity index (χ0v) is 15.8. The van der Waals surface area contributed by atoms with Crippen LogP contribution in [0.25, 0.3) is 0 Å². The maximum absolute atomic E-state index is 10.6. The van der Waals surface area contributed by atoms with E-state index in [4.69, 9.17) is 4.74 Å². The number of nitrogens with zero attached hydrogens (tertiary/aromatic N) is 1. The molecule has 1 aliphatic rings. The third kappa shape index (κ3) is 5.47. The first-order chi connectivity index (χ1) is 11.4. The summed E-state index contributed by atoms with van der Waals surface area (Å²) >= 11 is 0. The van der Waals surface area contributed by atoms with Crippen molar-refractivity contribution in [3.8, 4) is 5.75 Å². The van der Waals surface area contributed by atoms with Gasteiger partial charge in [0.25, 0.3) is 0 Å². The molecule has 136 valence electrons. The number of aliphatic hydroxyl groups excluding tert-OH is 1. The summed E-state index contributed by atoms with van der Waals surface area (Å²) in [5.74, 6) is 0.947. The second-order valence-electron chi connectivity index (χ2n) is 7.75. The highest BCUT2D eigenvalue weighted by Gasteiger charge is 2.21. The molecule has 1 saturated heterocycles. The Labute approximate surface area is 147 Å². The first kappa shape index (κ1) is 19.2. The van der Waals surface area contributed by atoms with Crippen molar-refractivity contribution in [3.63, 3.8) is 0 Å². The van der Waals surface area contributed by atoms with E-state index in [0.717, 1.165) is 63.5 Å². The number of aliphatic hydroxyl groups is 1. The first-order valence-corrected chi connectivity index (χ1v) is 9.30. The quantitative estimate of drug-likeness (QED) is 0.804. The number of hydrogen-bond acceptors (Lipinski definition) is 4. The lowest BCUT2D eigenvalue weighted by Crippen LogP contribution is -2.44. The van der Waals surface area contributed by atoms with Crippen LogP contribution < -0.4 is 10.1 Å². The van der Waals surface area contributed by atoms with Crippen molar-refractivity contribution in [2.24, 2.45) is 0 Å². The summed E-state index contributed by atoms with van der Waals surface area (Å²) in [5.41, 5.74) is 2.17. The molecule has 0 saturated carbocycles. The lowest BCUT2D eigenvalue weighted by atomic mass is 9.84. The highest BCUT2D eigenvalue weighted by Crippen LogP contribution is 2.34. The molecule has 1 aromatic rings. The molecule has 1 heterocycles. The van der Waals surface area contributed by atoms with Crippen LogP contribution in [0.2, 0.25) is 0 Å². The Kier molecular flexibility index (Phi) is 7.08. The number of hydrogen-bond donors (Lipinski definition) is 2. The van der Waals surface area contributed by atoms with E-state index in [1.54, 1.807) is 0 Å². The van der Waals surface area contributed by atoms with Gasteiger partial charge in [-0.1, -0.05) is 33.8 Å². The molecule has 0 aliphatic carbocycles. The fourth-order valence-corrected chi connectivity index (χ4v) is 3.09. The van der Waals surface area contributed by atoms with E-state index < -0.39 is 6.10 Å². The van der Waals surface area contributed by atoms with Crippen LogP contribution in [0.5, 0.6) is 5.75 Å². The standard InChI is InChI=1S/C20H34N2O2/c1-5-14-24-19-7-6-16(15-17(19)20(2,3)4)18(23)8-11-22-12-9-21-10-13-22/h6-7,15,18,21,23H,5,8-14H2,1-4H3. The monoisotopic (exact) mass is 334 g/mol. The third-order valence-electron chi connectivity index (χ3n) is 4.59. The van der Waals surface area contributed by atoms with E-state index in [1.165, 1.54) is 5.56 Å². The third-order valence-corrected chi connectivity index (χ3v) is 4.59. The van der Waals surface area contributed by atoms with Gasteiger partial charge in [-0.3, -0.25) is 0 Å². The highest BCUT2D eigenvalue weighted by molar-refractivity contribution is 5.42. The molecule has 1 unspecified atom stereocenters. The summed E-state index contributed by atoms with van der Waals surface area (Å²) < 4.78 is 5.91. The molecule has 24 heavy (non-hydrogen) atoms. The molecule has 0 amide bonds. The molecular weight excluding hydrogens is 300 g/mol. The summed E-state index contributed by atoms with van der Waals surface area (Å²) in [7, 11) is 0. The zero-order chi connectivity index (χ0) is 17.6. The lowest BCUT2D eigenvalue weighted by Gasteiger charge is -2.28. The maximum atomic E-state index is 10.6. The van der Waals surface area contributed by atoms with Crippen LogP contribution >= 0.6 is 0 Å². The second kappa shape index (κ2) is 8.84. The summed E-state index contributed by atoms with van der Waals surface area (Å²) in [4.78, 5) is 2.42. The Bertz CT molecular complexity index is 505. The van der Waals surface area contributed by atoms with Gasteiger partial charge in [-0.05, 0) is 41.5 Å². The minimum Gasteiger partial charge on any atom is -0.493 e. The molecule has 4 nitrogen and oxygen atoms in total. The molecule has 2 N–H and O–H groups in total. The fraction of sp³-hybridized carbons (Fsp3) is 0.700. The van der Waals surface area contributed by atoms with Gasteiger partial charge in [-0.15, -0.1) is 0 Å². The van der Waals surface area contributed by atoms with Crippen LogP contribution in [0, 0.1) is 0 Å². The van der Waals surface area contributed by atoms with Crippen LogP contribution in [0.3, 0.4) is 0 Å². The Balaban J connectivity index is 2.05. The molecule has 1 aromatic carbocycles. The average molecular weight is 335 g/mol. The van der Waals surface area contributed by atoms with Gasteiger partial charge in [0.1, 0.15) is 5.75 Å². The molecular formula is C20H34N2O2. The van der Waals surface area contributed by atoms with Gasteiger partial charge < -0.3 is 20.1 Å².